The van der Waals surface area contributed by atoms with E-state index < -0.39 is 0 Å². The number of rotatable bonds is 7. The highest BCUT2D eigenvalue weighted by atomic mass is 32.1. The second-order valence-electron chi connectivity index (χ2n) is 13.0. The molecule has 0 spiro atoms. The number of anilines is 6. The Bertz CT molecular complexity index is 2800. The average molecular weight is 701 g/mol. The number of hydrogen-bond acceptors (Lipinski definition) is 4. The van der Waals surface area contributed by atoms with Crippen LogP contribution in [0, 0.1) is 0 Å². The van der Waals surface area contributed by atoms with E-state index in [0.29, 0.717) is 0 Å². The van der Waals surface area contributed by atoms with Crippen LogP contribution in [0.4, 0.5) is 34.1 Å². The van der Waals surface area contributed by atoms with E-state index in [-0.39, 0.29) is 0 Å². The van der Waals surface area contributed by atoms with Gasteiger partial charge in [-0.15, -0.1) is 22.7 Å². The van der Waals surface area contributed by atoms with Gasteiger partial charge in [-0.2, -0.15) is 0 Å². The van der Waals surface area contributed by atoms with E-state index >= 15 is 0 Å². The van der Waals surface area contributed by atoms with Gasteiger partial charge in [-0.05, 0) is 90.0 Å². The van der Waals surface area contributed by atoms with E-state index in [0.717, 1.165) is 28.4 Å². The molecule has 0 fully saturated rings. The van der Waals surface area contributed by atoms with Crippen molar-refractivity contribution >= 4 is 97.1 Å². The van der Waals surface area contributed by atoms with E-state index in [1.807, 2.05) is 22.7 Å². The Kier molecular flexibility index (Phi) is 7.56. The first-order valence-corrected chi connectivity index (χ1v) is 19.1. The molecular formula is C48H32N2S2. The Morgan fingerprint density at radius 3 is 1.46 bits per heavy atom. The highest BCUT2D eigenvalue weighted by Gasteiger charge is 2.20. The van der Waals surface area contributed by atoms with Gasteiger partial charge in [0.25, 0.3) is 0 Å². The standard InChI is InChI=1S/C48H32N2S2/c1-4-13-33(14-5-1)34-23-25-37(26-24-34)49(38-27-29-41-40-19-10-11-21-44(40)51-46(41)31-38)39-28-30-42-47(32-39)52-45-22-12-20-43(48(42)45)50(35-15-6-2-7-16-35)36-17-8-3-9-18-36/h1-32H. The molecule has 0 aliphatic carbocycles. The zero-order valence-electron chi connectivity index (χ0n) is 28.2. The van der Waals surface area contributed by atoms with Crippen molar-refractivity contribution in [2.24, 2.45) is 0 Å². The first kappa shape index (κ1) is 30.6. The molecule has 0 amide bonds. The summed E-state index contributed by atoms with van der Waals surface area (Å²) in [5, 5.41) is 5.15. The molecule has 0 bridgehead atoms. The second kappa shape index (κ2) is 12.8. The molecule has 52 heavy (non-hydrogen) atoms. The van der Waals surface area contributed by atoms with Crippen molar-refractivity contribution in [2.75, 3.05) is 9.80 Å². The molecule has 0 N–H and O–H groups in total. The van der Waals surface area contributed by atoms with Crippen LogP contribution in [0.1, 0.15) is 0 Å². The van der Waals surface area contributed by atoms with Crippen LogP contribution >= 0.6 is 22.7 Å². The molecule has 0 saturated heterocycles. The van der Waals surface area contributed by atoms with Crippen LogP contribution in [-0.2, 0) is 0 Å². The second-order valence-corrected chi connectivity index (χ2v) is 15.1. The first-order valence-electron chi connectivity index (χ1n) is 17.5. The highest BCUT2D eigenvalue weighted by Crippen LogP contribution is 2.47. The Morgan fingerprint density at radius 1 is 0.288 bits per heavy atom. The van der Waals surface area contributed by atoms with Gasteiger partial charge in [-0.25, -0.2) is 0 Å². The van der Waals surface area contributed by atoms with E-state index in [4.69, 9.17) is 0 Å². The molecule has 2 nitrogen and oxygen atoms in total. The Hall–Kier alpha value is -6.20. The van der Waals surface area contributed by atoms with Crippen LogP contribution in [0.25, 0.3) is 51.5 Å². The van der Waals surface area contributed by atoms with Crippen LogP contribution in [-0.4, -0.2) is 0 Å². The number of hydrogen-bond donors (Lipinski definition) is 0. The van der Waals surface area contributed by atoms with Crippen molar-refractivity contribution in [2.45, 2.75) is 0 Å². The lowest BCUT2D eigenvalue weighted by molar-refractivity contribution is 1.30. The number of para-hydroxylation sites is 2. The van der Waals surface area contributed by atoms with Crippen LogP contribution in [0.2, 0.25) is 0 Å². The molecule has 0 aliphatic rings. The highest BCUT2D eigenvalue weighted by molar-refractivity contribution is 7.26. The van der Waals surface area contributed by atoms with Crippen LogP contribution in [0.15, 0.2) is 194 Å². The lowest BCUT2D eigenvalue weighted by Gasteiger charge is -2.27. The molecule has 0 aliphatic heterocycles. The molecule has 2 aromatic heterocycles. The zero-order valence-corrected chi connectivity index (χ0v) is 29.8. The summed E-state index contributed by atoms with van der Waals surface area (Å²) in [6, 6.07) is 70.3. The lowest BCUT2D eigenvalue weighted by atomic mass is 10.0. The summed E-state index contributed by atoms with van der Waals surface area (Å²) in [5.41, 5.74) is 9.28. The summed E-state index contributed by atoms with van der Waals surface area (Å²) in [6.45, 7) is 0. The average Bonchev–Trinajstić information content (AvgIpc) is 3.78. The van der Waals surface area contributed by atoms with Crippen molar-refractivity contribution in [3.63, 3.8) is 0 Å². The van der Waals surface area contributed by atoms with Gasteiger partial charge in [0.15, 0.2) is 0 Å². The van der Waals surface area contributed by atoms with Gasteiger partial charge in [-0.1, -0.05) is 115 Å². The number of benzene rings is 8. The van der Waals surface area contributed by atoms with Crippen molar-refractivity contribution in [3.05, 3.63) is 194 Å². The fourth-order valence-electron chi connectivity index (χ4n) is 7.44. The molecule has 4 heteroatoms. The van der Waals surface area contributed by atoms with Gasteiger partial charge in [0.1, 0.15) is 0 Å². The summed E-state index contributed by atoms with van der Waals surface area (Å²) >= 11 is 3.72. The van der Waals surface area contributed by atoms with Crippen LogP contribution in [0.5, 0.6) is 0 Å². The van der Waals surface area contributed by atoms with Crippen molar-refractivity contribution in [1.82, 2.24) is 0 Å². The van der Waals surface area contributed by atoms with Gasteiger partial charge in [0, 0.05) is 68.8 Å². The monoisotopic (exact) mass is 700 g/mol. The number of fused-ring (bicyclic) bond motifs is 6. The molecule has 8 aromatic carbocycles. The van der Waals surface area contributed by atoms with Gasteiger partial charge < -0.3 is 9.80 Å². The largest absolute Gasteiger partial charge is 0.310 e. The predicted molar refractivity (Wildman–Crippen MR) is 227 cm³/mol. The molecule has 0 unspecified atom stereocenters. The molecule has 246 valence electrons. The van der Waals surface area contributed by atoms with Crippen LogP contribution < -0.4 is 9.80 Å². The fourth-order valence-corrected chi connectivity index (χ4v) is 9.74. The smallest absolute Gasteiger partial charge is 0.0554 e. The maximum absolute atomic E-state index is 2.41. The Labute approximate surface area is 310 Å². The first-order chi connectivity index (χ1) is 25.8. The Morgan fingerprint density at radius 2 is 0.769 bits per heavy atom. The van der Waals surface area contributed by atoms with Gasteiger partial charge in [0.05, 0.1) is 5.69 Å². The van der Waals surface area contributed by atoms with Crippen molar-refractivity contribution in [3.8, 4) is 11.1 Å². The minimum absolute atomic E-state index is 1.13. The maximum Gasteiger partial charge on any atom is 0.0554 e. The third kappa shape index (κ3) is 5.32. The van der Waals surface area contributed by atoms with E-state index in [9.17, 15) is 0 Å². The van der Waals surface area contributed by atoms with Gasteiger partial charge >= 0.3 is 0 Å². The van der Waals surface area contributed by atoms with Crippen LogP contribution in [0.3, 0.4) is 0 Å². The molecule has 0 radical (unpaired) electrons. The zero-order chi connectivity index (χ0) is 34.4. The molecular weight excluding hydrogens is 669 g/mol. The third-order valence-electron chi connectivity index (χ3n) is 9.84. The number of thiophene rings is 2. The molecule has 0 atom stereocenters. The van der Waals surface area contributed by atoms with Crippen molar-refractivity contribution < 1.29 is 0 Å². The quantitative estimate of drug-likeness (QED) is 0.163. The van der Waals surface area contributed by atoms with E-state index in [1.54, 1.807) is 0 Å². The summed E-state index contributed by atoms with van der Waals surface area (Å²) in [7, 11) is 0. The molecule has 10 aromatic rings. The summed E-state index contributed by atoms with van der Waals surface area (Å²) in [6.07, 6.45) is 0. The molecule has 0 saturated carbocycles. The van der Waals surface area contributed by atoms with Gasteiger partial charge in [0.2, 0.25) is 0 Å². The summed E-state index contributed by atoms with van der Waals surface area (Å²) in [4.78, 5) is 4.78. The van der Waals surface area contributed by atoms with Gasteiger partial charge in [-0.3, -0.25) is 0 Å². The minimum Gasteiger partial charge on any atom is -0.310 e. The summed E-state index contributed by atoms with van der Waals surface area (Å²) in [5.74, 6) is 0. The number of nitrogens with zero attached hydrogens (tertiary/aromatic N) is 2. The normalized spacial score (nSPS) is 11.5. The van der Waals surface area contributed by atoms with E-state index in [1.165, 1.54) is 57.2 Å². The molecule has 10 rings (SSSR count). The lowest BCUT2D eigenvalue weighted by Crippen LogP contribution is -2.10. The predicted octanol–water partition coefficient (Wildman–Crippen LogP) is 15.0. The fraction of sp³-hybridized carbons (Fsp3) is 0. The Balaban J connectivity index is 1.14. The maximum atomic E-state index is 2.41. The van der Waals surface area contributed by atoms with Crippen molar-refractivity contribution in [1.29, 1.82) is 0 Å². The SMILES string of the molecule is c1ccc(-c2ccc(N(c3ccc4c(c3)sc3ccccc34)c3ccc4c(c3)sc3cccc(N(c5ccccc5)c5ccccc5)c34)cc2)cc1. The minimum atomic E-state index is 1.13. The summed E-state index contributed by atoms with van der Waals surface area (Å²) < 4.78 is 5.14. The molecule has 2 heterocycles. The van der Waals surface area contributed by atoms with E-state index in [2.05, 4.69) is 204 Å². The third-order valence-corrected chi connectivity index (χ3v) is 12.1. The topological polar surface area (TPSA) is 6.48 Å².